The molecule has 0 bridgehead atoms. The second-order valence-corrected chi connectivity index (χ2v) is 3.89. The fraction of sp³-hybridized carbons (Fsp3) is 0.875. The van der Waals surface area contributed by atoms with Crippen molar-refractivity contribution in [3.8, 4) is 0 Å². The minimum absolute atomic E-state index is 0. The molecule has 1 unspecified atom stereocenters. The zero-order valence-electron chi connectivity index (χ0n) is 8.80. The second kappa shape index (κ2) is 7.74. The van der Waals surface area contributed by atoms with Gasteiger partial charge < -0.3 is 21.6 Å². The minimum atomic E-state index is -0.203. The Bertz CT molecular complexity index is 148. The maximum atomic E-state index is 10.5. The summed E-state index contributed by atoms with van der Waals surface area (Å²) in [5, 5.41) is 0. The molecule has 0 spiro atoms. The molecule has 0 rings (SSSR count). The number of ether oxygens (including phenoxy) is 1. The van der Waals surface area contributed by atoms with Crippen molar-refractivity contribution in [2.45, 2.75) is 20.0 Å². The molecule has 0 fully saturated rings. The summed E-state index contributed by atoms with van der Waals surface area (Å²) in [7, 11) is 6.21. The van der Waals surface area contributed by atoms with E-state index >= 15 is 0 Å². The van der Waals surface area contributed by atoms with E-state index in [1.807, 2.05) is 6.92 Å². The summed E-state index contributed by atoms with van der Waals surface area (Å²) < 4.78 is 5.79. The number of hydrogen-bond donors (Lipinski definition) is 0. The Morgan fingerprint density at radius 3 is 2.00 bits per heavy atom. The zero-order chi connectivity index (χ0) is 9.07. The Labute approximate surface area is 100 Å². The predicted molar refractivity (Wildman–Crippen MR) is 44.1 cm³/mol. The van der Waals surface area contributed by atoms with Crippen LogP contribution in [0.3, 0.4) is 0 Å². The van der Waals surface area contributed by atoms with Gasteiger partial charge in [0.25, 0.3) is 0 Å². The molecule has 0 aromatic rings. The Morgan fingerprint density at radius 2 is 1.77 bits per heavy atom. The summed E-state index contributed by atoms with van der Waals surface area (Å²) >= 11 is 0. The van der Waals surface area contributed by atoms with Crippen molar-refractivity contribution in [1.82, 2.24) is 0 Å². The summed E-state index contributed by atoms with van der Waals surface area (Å²) in [6.07, 6.45) is 0.00694. The first-order chi connectivity index (χ1) is 4.81. The van der Waals surface area contributed by atoms with Gasteiger partial charge in [-0.25, -0.2) is 0 Å². The van der Waals surface area contributed by atoms with Gasteiger partial charge in [0.15, 0.2) is 0 Å². The molecule has 0 amide bonds. The number of rotatable bonds is 3. The SMILES string of the molecule is CC(=O)OC(C)C[N+](C)(C)C.[99Tc].[Cl-]. The smallest absolute Gasteiger partial charge is 0.303 e. The molecule has 1 atom stereocenters. The van der Waals surface area contributed by atoms with Gasteiger partial charge in [0.05, 0.1) is 21.1 Å². The number of likely N-dealkylation sites (N-methyl/N-ethyl adjacent to an activating group) is 1. The molecule has 0 heterocycles. The van der Waals surface area contributed by atoms with Crippen LogP contribution in [-0.4, -0.2) is 44.2 Å². The second-order valence-electron chi connectivity index (χ2n) is 3.89. The molecule has 5 heteroatoms. The van der Waals surface area contributed by atoms with Crippen LogP contribution in [0, 0.1) is 0 Å². The first-order valence-electron chi connectivity index (χ1n) is 3.79. The summed E-state index contributed by atoms with van der Waals surface area (Å²) in [5.74, 6) is -0.203. The molecule has 0 aromatic heterocycles. The molecular weight excluding hydrogens is 276 g/mol. The quantitative estimate of drug-likeness (QED) is 0.430. The van der Waals surface area contributed by atoms with Crippen LogP contribution in [0.1, 0.15) is 13.8 Å². The van der Waals surface area contributed by atoms with Gasteiger partial charge >= 0.3 is 5.97 Å². The van der Waals surface area contributed by atoms with Gasteiger partial charge in [0.1, 0.15) is 12.6 Å². The summed E-state index contributed by atoms with van der Waals surface area (Å²) in [6, 6.07) is 0. The van der Waals surface area contributed by atoms with E-state index in [4.69, 9.17) is 4.74 Å². The molecule has 3 nitrogen and oxygen atoms in total. The van der Waals surface area contributed by atoms with Crippen molar-refractivity contribution in [2.75, 3.05) is 27.7 Å². The molecule has 81 valence electrons. The standard InChI is InChI=1S/C8H18NO2.ClH.Tc/c1-7(11-8(2)10)6-9(3,4)5;;/h7H,6H2,1-5H3;1H;/q+1;;/p-1/i;;1+1. The van der Waals surface area contributed by atoms with E-state index in [-0.39, 0.29) is 44.6 Å². The molecule has 13 heavy (non-hydrogen) atoms. The van der Waals surface area contributed by atoms with E-state index in [2.05, 4.69) is 21.1 Å². The van der Waals surface area contributed by atoms with E-state index in [1.165, 1.54) is 6.92 Å². The number of hydrogen-bond acceptors (Lipinski definition) is 2. The van der Waals surface area contributed by atoms with Crippen molar-refractivity contribution < 1.29 is 46.5 Å². The number of quaternary nitrogens is 1. The van der Waals surface area contributed by atoms with Crippen LogP contribution in [0.5, 0.6) is 0 Å². The fourth-order valence-corrected chi connectivity index (χ4v) is 1.09. The van der Waals surface area contributed by atoms with Crippen molar-refractivity contribution >= 4 is 5.97 Å². The van der Waals surface area contributed by atoms with Crippen LogP contribution >= 0.6 is 0 Å². The molecule has 0 saturated heterocycles. The third-order valence-electron chi connectivity index (χ3n) is 1.17. The van der Waals surface area contributed by atoms with E-state index in [0.29, 0.717) is 0 Å². The molecular formula is C8H18ClNO2Tc. The average Bonchev–Trinajstić information content (AvgIpc) is 1.53. The van der Waals surface area contributed by atoms with Crippen LogP contribution < -0.4 is 12.4 Å². The van der Waals surface area contributed by atoms with Gasteiger partial charge in [-0.3, -0.25) is 4.79 Å². The number of carbonyl (C=O) groups is 1. The predicted octanol–water partition coefficient (Wildman–Crippen LogP) is -2.35. The largest absolute Gasteiger partial charge is 1.00 e. The molecule has 0 aliphatic rings. The molecule has 0 N–H and O–H groups in total. The first kappa shape index (κ1) is 19.0. The summed E-state index contributed by atoms with van der Waals surface area (Å²) in [6.45, 7) is 4.19. The van der Waals surface area contributed by atoms with E-state index in [1.54, 1.807) is 0 Å². The maximum Gasteiger partial charge on any atom is 0.303 e. The average molecular weight is 295 g/mol. The van der Waals surface area contributed by atoms with Crippen LogP contribution in [0.4, 0.5) is 0 Å². The van der Waals surface area contributed by atoms with Gasteiger partial charge in [0.2, 0.25) is 0 Å². The van der Waals surface area contributed by atoms with E-state index < -0.39 is 0 Å². The Hall–Kier alpha value is 0.369. The normalized spacial score (nSPS) is 12.1. The molecule has 0 aliphatic carbocycles. The molecule has 0 saturated carbocycles. The Morgan fingerprint density at radius 1 is 1.38 bits per heavy atom. The number of esters is 1. The van der Waals surface area contributed by atoms with Gasteiger partial charge in [-0.2, -0.15) is 0 Å². The monoisotopic (exact) mass is 294 g/mol. The van der Waals surface area contributed by atoms with Gasteiger partial charge in [-0.05, 0) is 6.92 Å². The third kappa shape index (κ3) is 15.2. The van der Waals surface area contributed by atoms with Crippen molar-refractivity contribution in [3.05, 3.63) is 0 Å². The minimum Gasteiger partial charge on any atom is -1.00 e. The molecule has 1 radical (unpaired) electrons. The Balaban J connectivity index is -0.000000500. The summed E-state index contributed by atoms with van der Waals surface area (Å²) in [5.41, 5.74) is 0. The number of halogens is 1. The topological polar surface area (TPSA) is 26.3 Å². The number of nitrogens with zero attached hydrogens (tertiary/aromatic N) is 1. The van der Waals surface area contributed by atoms with Crippen LogP contribution in [0.15, 0.2) is 0 Å². The molecule has 0 aromatic carbocycles. The van der Waals surface area contributed by atoms with E-state index in [0.717, 1.165) is 11.0 Å². The maximum absolute atomic E-state index is 10.5. The Kier molecular flexibility index (Phi) is 11.3. The van der Waals surface area contributed by atoms with E-state index in [9.17, 15) is 4.79 Å². The van der Waals surface area contributed by atoms with Gasteiger partial charge in [-0.1, -0.05) is 0 Å². The van der Waals surface area contributed by atoms with Crippen molar-refractivity contribution in [3.63, 3.8) is 0 Å². The molecule has 0 aliphatic heterocycles. The fourth-order valence-electron chi connectivity index (χ4n) is 1.09. The third-order valence-corrected chi connectivity index (χ3v) is 1.17. The van der Waals surface area contributed by atoms with Crippen molar-refractivity contribution in [2.24, 2.45) is 0 Å². The van der Waals surface area contributed by atoms with Crippen LogP contribution in [0.2, 0.25) is 0 Å². The zero-order valence-corrected chi connectivity index (χ0v) is 11.4. The van der Waals surface area contributed by atoms with Gasteiger partial charge in [-0.15, -0.1) is 0 Å². The van der Waals surface area contributed by atoms with Crippen molar-refractivity contribution in [1.29, 1.82) is 0 Å². The number of carbonyl (C=O) groups excluding carboxylic acids is 1. The van der Waals surface area contributed by atoms with Crippen LogP contribution in [-0.2, 0) is 29.6 Å². The summed E-state index contributed by atoms with van der Waals surface area (Å²) in [4.78, 5) is 10.5. The first-order valence-corrected chi connectivity index (χ1v) is 3.79. The van der Waals surface area contributed by atoms with Crippen LogP contribution in [0.25, 0.3) is 0 Å². The van der Waals surface area contributed by atoms with Gasteiger partial charge in [0, 0.05) is 27.0 Å².